The number of carbonyl (C=O) groups excluding carboxylic acids is 2. The van der Waals surface area contributed by atoms with Crippen molar-refractivity contribution in [2.45, 2.75) is 6.04 Å². The summed E-state index contributed by atoms with van der Waals surface area (Å²) in [6.45, 7) is 0. The fourth-order valence-corrected chi connectivity index (χ4v) is 3.53. The molecule has 0 bridgehead atoms. The van der Waals surface area contributed by atoms with Crippen molar-refractivity contribution < 1.29 is 19.1 Å². The first-order valence-corrected chi connectivity index (χ1v) is 9.95. The van der Waals surface area contributed by atoms with Crippen molar-refractivity contribution in [1.29, 1.82) is 0 Å². The van der Waals surface area contributed by atoms with Gasteiger partial charge in [-0.25, -0.2) is 9.78 Å². The van der Waals surface area contributed by atoms with Crippen LogP contribution in [0, 0.1) is 0 Å². The van der Waals surface area contributed by atoms with E-state index in [4.69, 9.17) is 14.5 Å². The number of para-hydroxylation sites is 1. The molecule has 0 saturated carbocycles. The lowest BCUT2D eigenvalue weighted by Crippen LogP contribution is -2.35. The first-order chi connectivity index (χ1) is 15.6. The van der Waals surface area contributed by atoms with Crippen LogP contribution in [0.25, 0.3) is 22.2 Å². The van der Waals surface area contributed by atoms with Crippen LogP contribution in [0.1, 0.15) is 22.1 Å². The molecular formula is C25H21N3O4. The van der Waals surface area contributed by atoms with Crippen LogP contribution >= 0.6 is 0 Å². The Hall–Kier alpha value is -4.26. The number of aromatic nitrogens is 2. The number of esters is 1. The molecule has 0 saturated heterocycles. The molecule has 4 aromatic rings. The highest BCUT2D eigenvalue weighted by atomic mass is 16.5. The van der Waals surface area contributed by atoms with E-state index in [9.17, 15) is 9.59 Å². The fraction of sp³-hybridized carbons (Fsp3) is 0.120. The van der Waals surface area contributed by atoms with E-state index in [2.05, 4.69) is 10.3 Å². The lowest BCUT2D eigenvalue weighted by Gasteiger charge is -2.19. The zero-order valence-electron chi connectivity index (χ0n) is 17.6. The van der Waals surface area contributed by atoms with Crippen molar-refractivity contribution in [3.8, 4) is 17.0 Å². The summed E-state index contributed by atoms with van der Waals surface area (Å²) in [4.78, 5) is 35.0. The average molecular weight is 427 g/mol. The summed E-state index contributed by atoms with van der Waals surface area (Å²) in [7, 11) is 2.76. The normalized spacial score (nSPS) is 11.6. The summed E-state index contributed by atoms with van der Waals surface area (Å²) in [5, 5.41) is 3.37. The quantitative estimate of drug-likeness (QED) is 0.469. The molecule has 0 fully saturated rings. The van der Waals surface area contributed by atoms with Crippen molar-refractivity contribution in [2.75, 3.05) is 14.2 Å². The molecule has 160 valence electrons. The first-order valence-electron chi connectivity index (χ1n) is 9.95. The molecule has 1 atom stereocenters. The summed E-state index contributed by atoms with van der Waals surface area (Å²) in [5.74, 6) is -0.812. The Morgan fingerprint density at radius 3 is 2.31 bits per heavy atom. The van der Waals surface area contributed by atoms with Crippen LogP contribution in [-0.2, 0) is 9.53 Å². The van der Waals surface area contributed by atoms with Crippen LogP contribution in [0.4, 0.5) is 0 Å². The molecule has 4 rings (SSSR count). The summed E-state index contributed by atoms with van der Waals surface area (Å²) in [6, 6.07) is 20.8. The van der Waals surface area contributed by atoms with Crippen LogP contribution in [0.3, 0.4) is 0 Å². The van der Waals surface area contributed by atoms with Gasteiger partial charge in [-0.3, -0.25) is 9.78 Å². The van der Waals surface area contributed by atoms with Crippen molar-refractivity contribution in [3.05, 3.63) is 90.3 Å². The highest BCUT2D eigenvalue weighted by molar-refractivity contribution is 6.11. The van der Waals surface area contributed by atoms with Gasteiger partial charge >= 0.3 is 5.97 Å². The average Bonchev–Trinajstić information content (AvgIpc) is 2.86. The monoisotopic (exact) mass is 427 g/mol. The van der Waals surface area contributed by atoms with Gasteiger partial charge in [0.05, 0.1) is 31.0 Å². The minimum atomic E-state index is -1.08. The minimum absolute atomic E-state index is 0.279. The number of amides is 1. The van der Waals surface area contributed by atoms with Crippen molar-refractivity contribution >= 4 is 22.8 Å². The number of ether oxygens (including phenoxy) is 2. The van der Waals surface area contributed by atoms with Crippen molar-refractivity contribution in [1.82, 2.24) is 15.3 Å². The van der Waals surface area contributed by atoms with Crippen LogP contribution < -0.4 is 10.1 Å². The van der Waals surface area contributed by atoms with Crippen LogP contribution in [0.2, 0.25) is 0 Å². The van der Waals surface area contributed by atoms with Gasteiger partial charge in [-0.15, -0.1) is 0 Å². The molecule has 2 heterocycles. The number of rotatable bonds is 6. The number of fused-ring (bicyclic) bond motifs is 1. The van der Waals surface area contributed by atoms with Gasteiger partial charge in [-0.2, -0.15) is 0 Å². The third-order valence-electron chi connectivity index (χ3n) is 5.02. The van der Waals surface area contributed by atoms with E-state index in [1.54, 1.807) is 30.5 Å². The maximum absolute atomic E-state index is 13.6. The predicted octanol–water partition coefficient (Wildman–Crippen LogP) is 3.95. The molecule has 1 N–H and O–H groups in total. The van der Waals surface area contributed by atoms with Crippen molar-refractivity contribution in [3.63, 3.8) is 0 Å². The maximum atomic E-state index is 13.6. The van der Waals surface area contributed by atoms with E-state index in [1.807, 2.05) is 48.5 Å². The van der Waals surface area contributed by atoms with Gasteiger partial charge in [0.1, 0.15) is 5.69 Å². The zero-order valence-corrected chi connectivity index (χ0v) is 17.6. The largest absolute Gasteiger partial charge is 0.494 e. The number of methoxy groups -OCH3 is 2. The smallest absolute Gasteiger partial charge is 0.334 e. The second-order valence-corrected chi connectivity index (χ2v) is 6.94. The van der Waals surface area contributed by atoms with Gasteiger partial charge in [0, 0.05) is 17.1 Å². The van der Waals surface area contributed by atoms with E-state index in [-0.39, 0.29) is 5.56 Å². The molecule has 32 heavy (non-hydrogen) atoms. The summed E-state index contributed by atoms with van der Waals surface area (Å²) >= 11 is 0. The van der Waals surface area contributed by atoms with E-state index in [0.29, 0.717) is 28.0 Å². The highest BCUT2D eigenvalue weighted by Gasteiger charge is 2.29. The maximum Gasteiger partial charge on any atom is 0.334 e. The van der Waals surface area contributed by atoms with Gasteiger partial charge in [0.25, 0.3) is 5.91 Å². The fourth-order valence-electron chi connectivity index (χ4n) is 3.53. The Bertz CT molecular complexity index is 1260. The molecule has 0 spiro atoms. The minimum Gasteiger partial charge on any atom is -0.494 e. The van der Waals surface area contributed by atoms with Crippen LogP contribution in [0.5, 0.6) is 5.75 Å². The standard InChI is InChI=1S/C25H21N3O4/c1-31-23-20(24(29)28-22(25(30)32-2)19-14-8-9-15-26-19)17-12-6-7-13-18(17)27-21(23)16-10-4-3-5-11-16/h3-15,22H,1-2H3,(H,28,29). The second-order valence-electron chi connectivity index (χ2n) is 6.94. The van der Waals surface area contributed by atoms with Gasteiger partial charge in [0.2, 0.25) is 0 Å². The number of nitrogens with zero attached hydrogens (tertiary/aromatic N) is 2. The van der Waals surface area contributed by atoms with E-state index >= 15 is 0 Å². The lowest BCUT2D eigenvalue weighted by molar-refractivity contribution is -0.143. The first kappa shape index (κ1) is 21.0. The Balaban J connectivity index is 1.87. The molecule has 2 aromatic heterocycles. The third-order valence-corrected chi connectivity index (χ3v) is 5.02. The topological polar surface area (TPSA) is 90.4 Å². The lowest BCUT2D eigenvalue weighted by atomic mass is 10.0. The molecule has 1 amide bonds. The predicted molar refractivity (Wildman–Crippen MR) is 120 cm³/mol. The van der Waals surface area contributed by atoms with E-state index < -0.39 is 17.9 Å². The SMILES string of the molecule is COC(=O)C(NC(=O)c1c(OC)c(-c2ccccc2)nc2ccccc12)c1ccccn1. The Morgan fingerprint density at radius 2 is 1.62 bits per heavy atom. The third kappa shape index (κ3) is 4.00. The van der Waals surface area contributed by atoms with Crippen molar-refractivity contribution in [2.24, 2.45) is 0 Å². The number of pyridine rings is 2. The molecule has 7 heteroatoms. The Kier molecular flexibility index (Phi) is 6.07. The van der Waals surface area contributed by atoms with E-state index in [1.165, 1.54) is 14.2 Å². The molecule has 0 aliphatic carbocycles. The summed E-state index contributed by atoms with van der Waals surface area (Å²) < 4.78 is 10.6. The number of hydrogen-bond acceptors (Lipinski definition) is 6. The summed E-state index contributed by atoms with van der Waals surface area (Å²) in [5.41, 5.74) is 2.61. The van der Waals surface area contributed by atoms with Crippen LogP contribution in [-0.4, -0.2) is 36.1 Å². The Morgan fingerprint density at radius 1 is 0.906 bits per heavy atom. The number of hydrogen-bond donors (Lipinski definition) is 1. The molecule has 7 nitrogen and oxygen atoms in total. The van der Waals surface area contributed by atoms with E-state index in [0.717, 1.165) is 5.56 Å². The van der Waals surface area contributed by atoms with Crippen LogP contribution in [0.15, 0.2) is 79.0 Å². The van der Waals surface area contributed by atoms with Gasteiger partial charge in [0.15, 0.2) is 11.8 Å². The highest BCUT2D eigenvalue weighted by Crippen LogP contribution is 2.36. The molecule has 0 aliphatic heterocycles. The Labute approximate surface area is 185 Å². The molecule has 2 aromatic carbocycles. The molecular weight excluding hydrogens is 406 g/mol. The second kappa shape index (κ2) is 9.26. The molecule has 0 radical (unpaired) electrons. The van der Waals surface area contributed by atoms with Gasteiger partial charge in [-0.1, -0.05) is 54.6 Å². The van der Waals surface area contributed by atoms with Gasteiger partial charge < -0.3 is 14.8 Å². The molecule has 0 aliphatic rings. The number of benzene rings is 2. The number of carbonyl (C=O) groups is 2. The molecule has 1 unspecified atom stereocenters. The summed E-state index contributed by atoms with van der Waals surface area (Å²) in [6.07, 6.45) is 1.55. The zero-order chi connectivity index (χ0) is 22.5. The van der Waals surface area contributed by atoms with Gasteiger partial charge in [-0.05, 0) is 18.2 Å². The number of nitrogens with one attached hydrogen (secondary N) is 1.